The van der Waals surface area contributed by atoms with Gasteiger partial charge >= 0.3 is 5.97 Å². The second kappa shape index (κ2) is 5.31. The average molecular weight is 247 g/mol. The van der Waals surface area contributed by atoms with Gasteiger partial charge in [0.25, 0.3) is 0 Å². The summed E-state index contributed by atoms with van der Waals surface area (Å²) in [6.07, 6.45) is 2.38. The van der Waals surface area contributed by atoms with Crippen LogP contribution in [0.3, 0.4) is 0 Å². The van der Waals surface area contributed by atoms with Crippen LogP contribution in [0.25, 0.3) is 0 Å². The summed E-state index contributed by atoms with van der Waals surface area (Å²) in [4.78, 5) is 15.6. The van der Waals surface area contributed by atoms with Gasteiger partial charge in [-0.15, -0.1) is 0 Å². The van der Waals surface area contributed by atoms with Crippen molar-refractivity contribution >= 4 is 5.97 Å². The van der Waals surface area contributed by atoms with E-state index in [0.717, 1.165) is 0 Å². The SMILES string of the molecule is COc1ccc(C(=O)O[C@H](C)n2cncn2)cc1. The molecule has 0 fully saturated rings. The topological polar surface area (TPSA) is 66.2 Å². The monoisotopic (exact) mass is 247 g/mol. The molecule has 0 amide bonds. The number of nitrogens with zero attached hydrogens (tertiary/aromatic N) is 3. The molecule has 0 radical (unpaired) electrons. The van der Waals surface area contributed by atoms with Crippen LogP contribution in [0.1, 0.15) is 23.5 Å². The predicted molar refractivity (Wildman–Crippen MR) is 63.1 cm³/mol. The fourth-order valence-electron chi connectivity index (χ4n) is 1.41. The maximum absolute atomic E-state index is 11.8. The van der Waals surface area contributed by atoms with E-state index in [1.54, 1.807) is 38.3 Å². The van der Waals surface area contributed by atoms with E-state index in [-0.39, 0.29) is 0 Å². The Hall–Kier alpha value is -2.37. The molecule has 2 aromatic rings. The molecule has 1 atom stereocenters. The third-order valence-electron chi connectivity index (χ3n) is 2.41. The lowest BCUT2D eigenvalue weighted by atomic mass is 10.2. The van der Waals surface area contributed by atoms with E-state index in [9.17, 15) is 4.79 Å². The van der Waals surface area contributed by atoms with Crippen LogP contribution in [-0.4, -0.2) is 27.8 Å². The van der Waals surface area contributed by atoms with Crippen molar-refractivity contribution in [2.24, 2.45) is 0 Å². The third-order valence-corrected chi connectivity index (χ3v) is 2.41. The van der Waals surface area contributed by atoms with Crippen molar-refractivity contribution in [3.05, 3.63) is 42.5 Å². The fourth-order valence-corrected chi connectivity index (χ4v) is 1.41. The minimum atomic E-state index is -0.498. The van der Waals surface area contributed by atoms with Gasteiger partial charge in [-0.25, -0.2) is 14.5 Å². The Labute approximate surface area is 104 Å². The summed E-state index contributed by atoms with van der Waals surface area (Å²) in [5.74, 6) is 0.275. The maximum Gasteiger partial charge on any atom is 0.340 e. The molecule has 0 bridgehead atoms. The summed E-state index contributed by atoms with van der Waals surface area (Å²) < 4.78 is 11.7. The molecule has 18 heavy (non-hydrogen) atoms. The minimum absolute atomic E-state index is 0.416. The average Bonchev–Trinajstić information content (AvgIpc) is 2.92. The molecular weight excluding hydrogens is 234 g/mol. The highest BCUT2D eigenvalue weighted by atomic mass is 16.6. The van der Waals surface area contributed by atoms with Gasteiger partial charge in [0, 0.05) is 0 Å². The number of rotatable bonds is 4. The van der Waals surface area contributed by atoms with E-state index >= 15 is 0 Å². The molecular formula is C12H13N3O3. The van der Waals surface area contributed by atoms with Crippen LogP contribution >= 0.6 is 0 Å². The van der Waals surface area contributed by atoms with Gasteiger partial charge < -0.3 is 9.47 Å². The first-order valence-corrected chi connectivity index (χ1v) is 5.40. The Morgan fingerprint density at radius 1 is 1.33 bits per heavy atom. The lowest BCUT2D eigenvalue weighted by Crippen LogP contribution is -2.15. The number of hydrogen-bond acceptors (Lipinski definition) is 5. The van der Waals surface area contributed by atoms with Gasteiger partial charge in [-0.1, -0.05) is 0 Å². The highest BCUT2D eigenvalue weighted by Gasteiger charge is 2.13. The molecule has 6 heteroatoms. The van der Waals surface area contributed by atoms with Crippen LogP contribution in [0.15, 0.2) is 36.9 Å². The number of esters is 1. The van der Waals surface area contributed by atoms with E-state index in [0.29, 0.717) is 11.3 Å². The van der Waals surface area contributed by atoms with Crippen LogP contribution in [0.5, 0.6) is 5.75 Å². The van der Waals surface area contributed by atoms with Gasteiger partial charge in [-0.3, -0.25) is 0 Å². The largest absolute Gasteiger partial charge is 0.497 e. The molecule has 0 saturated heterocycles. The first-order chi connectivity index (χ1) is 8.70. The summed E-state index contributed by atoms with van der Waals surface area (Å²) in [5.41, 5.74) is 0.461. The quantitative estimate of drug-likeness (QED) is 0.769. The maximum atomic E-state index is 11.8. The van der Waals surface area contributed by atoms with Gasteiger partial charge in [0.15, 0.2) is 6.23 Å². The number of hydrogen-bond donors (Lipinski definition) is 0. The third kappa shape index (κ3) is 2.65. The van der Waals surface area contributed by atoms with Crippen LogP contribution in [-0.2, 0) is 4.74 Å². The lowest BCUT2D eigenvalue weighted by Gasteiger charge is -2.12. The molecule has 0 aliphatic heterocycles. The number of methoxy groups -OCH3 is 1. The summed E-state index contributed by atoms with van der Waals surface area (Å²) >= 11 is 0. The number of carbonyl (C=O) groups excluding carboxylic acids is 1. The lowest BCUT2D eigenvalue weighted by molar-refractivity contribution is 0.0117. The molecule has 0 aliphatic carbocycles. The molecule has 0 N–H and O–H groups in total. The summed E-state index contributed by atoms with van der Waals surface area (Å²) in [6.45, 7) is 1.72. The number of ether oxygens (including phenoxy) is 2. The number of benzene rings is 1. The number of carbonyl (C=O) groups is 1. The van der Waals surface area contributed by atoms with Gasteiger partial charge in [-0.2, -0.15) is 5.10 Å². The van der Waals surface area contributed by atoms with Crippen molar-refractivity contribution < 1.29 is 14.3 Å². The highest BCUT2D eigenvalue weighted by molar-refractivity contribution is 5.89. The van der Waals surface area contributed by atoms with Crippen LogP contribution in [0.4, 0.5) is 0 Å². The number of aromatic nitrogens is 3. The summed E-state index contributed by atoms with van der Waals surface area (Å²) in [6, 6.07) is 6.71. The molecule has 1 aromatic heterocycles. The van der Waals surface area contributed by atoms with E-state index in [1.807, 2.05) is 0 Å². The van der Waals surface area contributed by atoms with E-state index in [1.165, 1.54) is 17.3 Å². The van der Waals surface area contributed by atoms with Gasteiger partial charge in [0.05, 0.1) is 12.7 Å². The predicted octanol–water partition coefficient (Wildman–Crippen LogP) is 1.66. The Morgan fingerprint density at radius 2 is 2.06 bits per heavy atom. The van der Waals surface area contributed by atoms with Crippen molar-refractivity contribution in [1.82, 2.24) is 14.8 Å². The first-order valence-electron chi connectivity index (χ1n) is 5.40. The first kappa shape index (κ1) is 12.1. The molecule has 1 heterocycles. The highest BCUT2D eigenvalue weighted by Crippen LogP contribution is 2.14. The Bertz CT molecular complexity index is 508. The van der Waals surface area contributed by atoms with Gasteiger partial charge in [0.2, 0.25) is 0 Å². The molecule has 94 valence electrons. The Kier molecular flexibility index (Phi) is 3.57. The van der Waals surface area contributed by atoms with E-state index in [2.05, 4.69) is 10.1 Å². The minimum Gasteiger partial charge on any atom is -0.497 e. The van der Waals surface area contributed by atoms with Gasteiger partial charge in [0.1, 0.15) is 18.4 Å². The zero-order valence-corrected chi connectivity index (χ0v) is 10.1. The molecule has 2 rings (SSSR count). The van der Waals surface area contributed by atoms with Crippen molar-refractivity contribution in [3.63, 3.8) is 0 Å². The van der Waals surface area contributed by atoms with Crippen molar-refractivity contribution in [3.8, 4) is 5.75 Å². The second-order valence-electron chi connectivity index (χ2n) is 3.61. The summed E-state index contributed by atoms with van der Waals surface area (Å²) in [7, 11) is 1.57. The zero-order valence-electron chi connectivity index (χ0n) is 10.1. The standard InChI is InChI=1S/C12H13N3O3/c1-9(15-8-13-7-14-15)18-12(16)10-3-5-11(17-2)6-4-10/h3-9H,1-2H3/t9-/m1/s1. The normalized spacial score (nSPS) is 11.9. The van der Waals surface area contributed by atoms with Crippen molar-refractivity contribution in [2.75, 3.05) is 7.11 Å². The molecule has 0 spiro atoms. The summed E-state index contributed by atoms with van der Waals surface area (Å²) in [5, 5.41) is 3.90. The van der Waals surface area contributed by atoms with Crippen LogP contribution in [0.2, 0.25) is 0 Å². The smallest absolute Gasteiger partial charge is 0.340 e. The van der Waals surface area contributed by atoms with Crippen LogP contribution < -0.4 is 4.74 Å². The second-order valence-corrected chi connectivity index (χ2v) is 3.61. The molecule has 0 saturated carbocycles. The fraction of sp³-hybridized carbons (Fsp3) is 0.250. The molecule has 1 aromatic carbocycles. The van der Waals surface area contributed by atoms with E-state index < -0.39 is 12.2 Å². The Balaban J connectivity index is 2.03. The van der Waals surface area contributed by atoms with Crippen molar-refractivity contribution in [2.45, 2.75) is 13.2 Å². The van der Waals surface area contributed by atoms with Crippen LogP contribution in [0, 0.1) is 0 Å². The molecule has 0 unspecified atom stereocenters. The zero-order chi connectivity index (χ0) is 13.0. The van der Waals surface area contributed by atoms with Crippen molar-refractivity contribution in [1.29, 1.82) is 0 Å². The van der Waals surface area contributed by atoms with Gasteiger partial charge in [-0.05, 0) is 31.2 Å². The van der Waals surface area contributed by atoms with E-state index in [4.69, 9.17) is 9.47 Å². The molecule has 6 nitrogen and oxygen atoms in total. The molecule has 0 aliphatic rings. The Morgan fingerprint density at radius 3 is 2.61 bits per heavy atom.